The number of nitrogens with one attached hydrogen (secondary N) is 1. The molecule has 0 radical (unpaired) electrons. The van der Waals surface area contributed by atoms with Gasteiger partial charge in [-0.25, -0.2) is 0 Å². The van der Waals surface area contributed by atoms with E-state index in [0.717, 1.165) is 19.5 Å². The lowest BCUT2D eigenvalue weighted by atomic mass is 9.94. The van der Waals surface area contributed by atoms with Crippen LogP contribution in [0.4, 0.5) is 0 Å². The summed E-state index contributed by atoms with van der Waals surface area (Å²) in [4.78, 5) is 5.05. The summed E-state index contributed by atoms with van der Waals surface area (Å²) in [5.41, 5.74) is 6.99. The molecule has 0 amide bonds. The highest BCUT2D eigenvalue weighted by Crippen LogP contribution is 2.33. The van der Waals surface area contributed by atoms with Gasteiger partial charge in [-0.3, -0.25) is 4.98 Å². The van der Waals surface area contributed by atoms with Crippen LogP contribution < -0.4 is 5.32 Å². The van der Waals surface area contributed by atoms with Crippen LogP contribution in [0.1, 0.15) is 62.4 Å². The topological polar surface area (TPSA) is 24.9 Å². The fourth-order valence-corrected chi connectivity index (χ4v) is 3.56. The number of hydrogen-bond donors (Lipinski definition) is 1. The summed E-state index contributed by atoms with van der Waals surface area (Å²) in [6.07, 6.45) is 3.60. The van der Waals surface area contributed by atoms with Crippen molar-refractivity contribution in [2.24, 2.45) is 5.92 Å². The van der Waals surface area contributed by atoms with E-state index in [1.807, 2.05) is 0 Å². The van der Waals surface area contributed by atoms with Gasteiger partial charge < -0.3 is 5.32 Å². The Hall–Kier alpha value is -1.41. The molecular weight excluding hydrogens is 268 g/mol. The maximum Gasteiger partial charge on any atom is 0.0743 e. The molecule has 0 bridgehead atoms. The van der Waals surface area contributed by atoms with Crippen molar-refractivity contribution in [3.63, 3.8) is 0 Å². The van der Waals surface area contributed by atoms with E-state index < -0.39 is 0 Å². The molecule has 3 rings (SSSR count). The number of pyridine rings is 1. The minimum absolute atomic E-state index is 0.520. The molecule has 2 heteroatoms. The maximum atomic E-state index is 5.05. The molecule has 1 heterocycles. The van der Waals surface area contributed by atoms with E-state index in [-0.39, 0.29) is 0 Å². The van der Waals surface area contributed by atoms with E-state index >= 15 is 0 Å². The first-order valence-electron chi connectivity index (χ1n) is 8.72. The standard InChI is InChI=1S/C20H28N2/c1-13(2)11-21-12-18-16-8-6-10-19(16)22-20-15(14(3)4)7-5-9-17(18)20/h5,7,9,13-14,21H,6,8,10-12H2,1-4H3. The molecule has 0 unspecified atom stereocenters. The van der Waals surface area contributed by atoms with Crippen LogP contribution in [0.3, 0.4) is 0 Å². The predicted molar refractivity (Wildman–Crippen MR) is 94.4 cm³/mol. The van der Waals surface area contributed by atoms with Crippen LogP contribution in [-0.2, 0) is 19.4 Å². The first kappa shape index (κ1) is 15.5. The Balaban J connectivity index is 2.09. The molecule has 0 aliphatic heterocycles. The van der Waals surface area contributed by atoms with Crippen molar-refractivity contribution in [3.8, 4) is 0 Å². The van der Waals surface area contributed by atoms with Gasteiger partial charge in [0.15, 0.2) is 0 Å². The van der Waals surface area contributed by atoms with Gasteiger partial charge in [-0.1, -0.05) is 45.9 Å². The summed E-state index contributed by atoms with van der Waals surface area (Å²) in [5, 5.41) is 5.01. The average molecular weight is 296 g/mol. The van der Waals surface area contributed by atoms with Gasteiger partial charge in [0.25, 0.3) is 0 Å². The molecule has 2 nitrogen and oxygen atoms in total. The normalized spacial score (nSPS) is 14.3. The monoisotopic (exact) mass is 296 g/mol. The number of fused-ring (bicyclic) bond motifs is 2. The lowest BCUT2D eigenvalue weighted by molar-refractivity contribution is 0.552. The maximum absolute atomic E-state index is 5.05. The van der Waals surface area contributed by atoms with E-state index in [4.69, 9.17) is 4.98 Å². The number of aromatic nitrogens is 1. The first-order valence-corrected chi connectivity index (χ1v) is 8.72. The highest BCUT2D eigenvalue weighted by molar-refractivity contribution is 5.87. The molecule has 1 N–H and O–H groups in total. The minimum Gasteiger partial charge on any atom is -0.312 e. The summed E-state index contributed by atoms with van der Waals surface area (Å²) in [6, 6.07) is 6.71. The lowest BCUT2D eigenvalue weighted by Gasteiger charge is -2.17. The lowest BCUT2D eigenvalue weighted by Crippen LogP contribution is -2.20. The molecule has 0 spiro atoms. The number of aryl methyl sites for hydroxylation is 1. The second kappa shape index (κ2) is 6.37. The summed E-state index contributed by atoms with van der Waals surface area (Å²) < 4.78 is 0. The second-order valence-corrected chi connectivity index (χ2v) is 7.29. The second-order valence-electron chi connectivity index (χ2n) is 7.29. The fourth-order valence-electron chi connectivity index (χ4n) is 3.56. The number of hydrogen-bond acceptors (Lipinski definition) is 2. The Bertz CT molecular complexity index is 671. The van der Waals surface area contributed by atoms with Crippen LogP contribution >= 0.6 is 0 Å². The van der Waals surface area contributed by atoms with Gasteiger partial charge in [-0.15, -0.1) is 0 Å². The summed E-state index contributed by atoms with van der Waals surface area (Å²) in [6.45, 7) is 11.1. The van der Waals surface area contributed by atoms with Crippen molar-refractivity contribution >= 4 is 10.9 Å². The van der Waals surface area contributed by atoms with Crippen LogP contribution in [0, 0.1) is 5.92 Å². The van der Waals surface area contributed by atoms with Gasteiger partial charge in [0, 0.05) is 17.6 Å². The molecular formula is C20H28N2. The van der Waals surface area contributed by atoms with Crippen molar-refractivity contribution in [1.29, 1.82) is 0 Å². The van der Waals surface area contributed by atoms with Gasteiger partial charge in [-0.05, 0) is 54.3 Å². The van der Waals surface area contributed by atoms with E-state index in [1.165, 1.54) is 46.1 Å². The van der Waals surface area contributed by atoms with Gasteiger partial charge >= 0.3 is 0 Å². The largest absolute Gasteiger partial charge is 0.312 e. The molecule has 0 fully saturated rings. The number of para-hydroxylation sites is 1. The third-order valence-electron chi connectivity index (χ3n) is 4.67. The smallest absolute Gasteiger partial charge is 0.0743 e. The van der Waals surface area contributed by atoms with E-state index in [0.29, 0.717) is 11.8 Å². The molecule has 0 saturated heterocycles. The zero-order valence-corrected chi connectivity index (χ0v) is 14.4. The van der Waals surface area contributed by atoms with Gasteiger partial charge in [-0.2, -0.15) is 0 Å². The summed E-state index contributed by atoms with van der Waals surface area (Å²) in [7, 11) is 0. The molecule has 2 aromatic rings. The Labute approximate surface area is 134 Å². The molecule has 1 aromatic heterocycles. The van der Waals surface area contributed by atoms with E-state index in [1.54, 1.807) is 0 Å². The highest BCUT2D eigenvalue weighted by Gasteiger charge is 2.20. The van der Waals surface area contributed by atoms with Crippen LogP contribution in [-0.4, -0.2) is 11.5 Å². The quantitative estimate of drug-likeness (QED) is 0.872. The van der Waals surface area contributed by atoms with Gasteiger partial charge in [0.05, 0.1) is 5.52 Å². The molecule has 1 aliphatic rings. The van der Waals surface area contributed by atoms with Crippen LogP contribution in [0.2, 0.25) is 0 Å². The highest BCUT2D eigenvalue weighted by atomic mass is 14.9. The van der Waals surface area contributed by atoms with Crippen molar-refractivity contribution in [2.45, 2.75) is 59.4 Å². The van der Waals surface area contributed by atoms with Gasteiger partial charge in [0.2, 0.25) is 0 Å². The predicted octanol–water partition coefficient (Wildman–Crippen LogP) is 4.59. The minimum atomic E-state index is 0.520. The van der Waals surface area contributed by atoms with Crippen LogP contribution in [0.15, 0.2) is 18.2 Å². The van der Waals surface area contributed by atoms with Crippen molar-refractivity contribution < 1.29 is 0 Å². The molecule has 22 heavy (non-hydrogen) atoms. The number of rotatable bonds is 5. The Morgan fingerprint density at radius 2 is 1.95 bits per heavy atom. The van der Waals surface area contributed by atoms with Crippen LogP contribution in [0.25, 0.3) is 10.9 Å². The molecule has 1 aromatic carbocycles. The summed E-state index contributed by atoms with van der Waals surface area (Å²) >= 11 is 0. The van der Waals surface area contributed by atoms with Crippen LogP contribution in [0.5, 0.6) is 0 Å². The fraction of sp³-hybridized carbons (Fsp3) is 0.550. The average Bonchev–Trinajstić information content (AvgIpc) is 2.93. The third kappa shape index (κ3) is 2.89. The van der Waals surface area contributed by atoms with Crippen molar-refractivity contribution in [3.05, 3.63) is 40.6 Å². The van der Waals surface area contributed by atoms with Crippen molar-refractivity contribution in [1.82, 2.24) is 10.3 Å². The number of nitrogens with zero attached hydrogens (tertiary/aromatic N) is 1. The Kier molecular flexibility index (Phi) is 4.49. The molecule has 1 aliphatic carbocycles. The van der Waals surface area contributed by atoms with E-state index in [2.05, 4.69) is 51.2 Å². The number of benzene rings is 1. The van der Waals surface area contributed by atoms with Gasteiger partial charge in [0.1, 0.15) is 0 Å². The van der Waals surface area contributed by atoms with Crippen molar-refractivity contribution in [2.75, 3.05) is 6.54 Å². The molecule has 0 saturated carbocycles. The zero-order chi connectivity index (χ0) is 15.7. The molecule has 0 atom stereocenters. The Morgan fingerprint density at radius 3 is 2.68 bits per heavy atom. The Morgan fingerprint density at radius 1 is 1.14 bits per heavy atom. The SMILES string of the molecule is CC(C)CNCc1c2c(nc3c(C(C)C)cccc13)CCC2. The van der Waals surface area contributed by atoms with E-state index in [9.17, 15) is 0 Å². The zero-order valence-electron chi connectivity index (χ0n) is 14.4. The molecule has 118 valence electrons. The third-order valence-corrected chi connectivity index (χ3v) is 4.67. The summed E-state index contributed by atoms with van der Waals surface area (Å²) in [5.74, 6) is 1.21. The first-order chi connectivity index (χ1) is 10.6.